The Hall–Kier alpha value is -4.50. The van der Waals surface area contributed by atoms with Crippen LogP contribution in [0.4, 0.5) is 0 Å². The Morgan fingerprint density at radius 3 is 0.556 bits per heavy atom. The van der Waals surface area contributed by atoms with Crippen molar-refractivity contribution in [3.05, 3.63) is 0 Å². The highest BCUT2D eigenvalue weighted by Crippen LogP contribution is 1.92. The van der Waals surface area contributed by atoms with E-state index in [2.05, 4.69) is 0 Å². The molecule has 0 aliphatic rings. The van der Waals surface area contributed by atoms with Crippen molar-refractivity contribution >= 4 is 61.0 Å². The van der Waals surface area contributed by atoms with Crippen LogP contribution < -0.4 is 27.4 Å². The second-order valence-electron chi connectivity index (χ2n) is 7.97. The molecule has 0 spiro atoms. The molecule has 0 heterocycles. The van der Waals surface area contributed by atoms with Crippen LogP contribution in [0.1, 0.15) is 96.3 Å². The molecule has 0 bridgehead atoms. The normalized spacial score (nSPS) is 8.56. The number of nitrogens with one attached hydrogen (secondary N) is 5. The first-order chi connectivity index (χ1) is 21.5. The lowest BCUT2D eigenvalue weighted by atomic mass is 10.2. The van der Waals surface area contributed by atoms with E-state index >= 15 is 0 Å². The lowest BCUT2D eigenvalue weighted by Crippen LogP contribution is -2.17. The van der Waals surface area contributed by atoms with Crippen LogP contribution in [0.15, 0.2) is 0 Å². The van der Waals surface area contributed by atoms with E-state index in [0.717, 1.165) is 31.4 Å². The van der Waals surface area contributed by atoms with Gasteiger partial charge in [-0.1, -0.05) is 0 Å². The average molecular weight is 656 g/mol. The molecule has 0 aromatic heterocycles. The van der Waals surface area contributed by atoms with Crippen molar-refractivity contribution in [1.82, 2.24) is 27.4 Å². The van der Waals surface area contributed by atoms with Crippen molar-refractivity contribution < 1.29 is 74.0 Å². The topological polar surface area (TPSA) is 332 Å². The van der Waals surface area contributed by atoms with E-state index in [1.54, 1.807) is 0 Å². The molecule has 0 fully saturated rings. The van der Waals surface area contributed by atoms with Gasteiger partial charge in [0, 0.05) is 64.2 Å². The molecule has 0 rings (SSSR count). The summed E-state index contributed by atoms with van der Waals surface area (Å²) in [7, 11) is 0. The SMILES string of the molecule is O=CCCCC(=O)NO.O=CCCCC(=O)NO.O=CCCCC(=O)NO.O=CCCCC(=O)NO.O=CCCCC(=O)NO. The Morgan fingerprint density at radius 2 is 0.467 bits per heavy atom. The second kappa shape index (κ2) is 46.5. The van der Waals surface area contributed by atoms with Crippen LogP contribution in [0, 0.1) is 0 Å². The summed E-state index contributed by atoms with van der Waals surface area (Å²) in [6.07, 6.45) is 9.04. The molecule has 20 heteroatoms. The molecule has 45 heavy (non-hydrogen) atoms. The zero-order chi connectivity index (χ0) is 35.6. The number of carbonyl (C=O) groups is 10. The maximum Gasteiger partial charge on any atom is 0.243 e. The average Bonchev–Trinajstić information content (AvgIpc) is 3.06. The van der Waals surface area contributed by atoms with E-state index < -0.39 is 29.5 Å². The van der Waals surface area contributed by atoms with Gasteiger partial charge < -0.3 is 24.0 Å². The van der Waals surface area contributed by atoms with E-state index in [1.165, 1.54) is 27.4 Å². The molecule has 0 aromatic rings. The molecule has 10 N–H and O–H groups in total. The van der Waals surface area contributed by atoms with Gasteiger partial charge in [0.05, 0.1) is 0 Å². The van der Waals surface area contributed by atoms with Gasteiger partial charge in [0.1, 0.15) is 31.4 Å². The lowest BCUT2D eigenvalue weighted by Gasteiger charge is -1.92. The van der Waals surface area contributed by atoms with Crippen LogP contribution in [-0.4, -0.2) is 87.0 Å². The smallest absolute Gasteiger partial charge is 0.243 e. The summed E-state index contributed by atoms with van der Waals surface area (Å²) in [6.45, 7) is 0. The molecule has 0 unspecified atom stereocenters. The van der Waals surface area contributed by atoms with Crippen molar-refractivity contribution in [1.29, 1.82) is 0 Å². The minimum Gasteiger partial charge on any atom is -0.303 e. The molecule has 0 radical (unpaired) electrons. The summed E-state index contributed by atoms with van der Waals surface area (Å²) >= 11 is 0. The lowest BCUT2D eigenvalue weighted by molar-refractivity contribution is -0.130. The van der Waals surface area contributed by atoms with Crippen LogP contribution in [0.2, 0.25) is 0 Å². The second-order valence-corrected chi connectivity index (χ2v) is 7.97. The molecule has 5 amide bonds. The first-order valence-corrected chi connectivity index (χ1v) is 13.4. The van der Waals surface area contributed by atoms with Crippen LogP contribution in [0.25, 0.3) is 0 Å². The Bertz CT molecular complexity index is 663. The van der Waals surface area contributed by atoms with Gasteiger partial charge >= 0.3 is 0 Å². The molecule has 0 saturated carbocycles. The molecule has 260 valence electrons. The summed E-state index contributed by atoms with van der Waals surface area (Å²) < 4.78 is 0. The van der Waals surface area contributed by atoms with E-state index in [9.17, 15) is 47.9 Å². The first kappa shape index (κ1) is 50.1. The molecule has 0 aromatic carbocycles. The quantitative estimate of drug-likeness (QED) is 0.0335. The minimum atomic E-state index is -0.447. The Kier molecular flexibility index (Phi) is 51.8. The summed E-state index contributed by atoms with van der Waals surface area (Å²) in [4.78, 5) is 99.5. The number of hydrogen-bond donors (Lipinski definition) is 10. The van der Waals surface area contributed by atoms with Crippen molar-refractivity contribution in [2.45, 2.75) is 96.3 Å². The van der Waals surface area contributed by atoms with Gasteiger partial charge in [0.2, 0.25) is 29.5 Å². The summed E-state index contributed by atoms with van der Waals surface area (Å²) in [5, 5.41) is 39.7. The highest BCUT2D eigenvalue weighted by molar-refractivity contribution is 5.76. The third-order valence-corrected chi connectivity index (χ3v) is 4.25. The molecule has 0 saturated heterocycles. The fraction of sp³-hybridized carbons (Fsp3) is 0.600. The van der Waals surface area contributed by atoms with Gasteiger partial charge in [-0.2, -0.15) is 0 Å². The first-order valence-electron chi connectivity index (χ1n) is 13.4. The number of amides is 5. The Labute approximate surface area is 259 Å². The minimum absolute atomic E-state index is 0.204. The van der Waals surface area contributed by atoms with Crippen molar-refractivity contribution in [3.63, 3.8) is 0 Å². The van der Waals surface area contributed by atoms with E-state index in [0.29, 0.717) is 64.2 Å². The fourth-order valence-electron chi connectivity index (χ4n) is 2.01. The number of unbranched alkanes of at least 4 members (excludes halogenated alkanes) is 5. The summed E-state index contributed by atoms with van der Waals surface area (Å²) in [6, 6.07) is 0. The fourth-order valence-corrected chi connectivity index (χ4v) is 2.01. The van der Waals surface area contributed by atoms with Gasteiger partial charge in [-0.25, -0.2) is 27.4 Å². The van der Waals surface area contributed by atoms with Crippen molar-refractivity contribution in [2.75, 3.05) is 0 Å². The predicted octanol–water partition coefficient (Wildman–Crippen LogP) is -0.695. The standard InChI is InChI=1S/5C5H9NO3/c5*7-4-2-1-3-5(8)6-9/h5*4,9H,1-3H2,(H,6,8). The summed E-state index contributed by atoms with van der Waals surface area (Å²) in [5.74, 6) is -2.24. The van der Waals surface area contributed by atoms with Gasteiger partial charge in [-0.05, 0) is 32.1 Å². The van der Waals surface area contributed by atoms with E-state index in [-0.39, 0.29) is 32.1 Å². The van der Waals surface area contributed by atoms with Gasteiger partial charge in [-0.15, -0.1) is 0 Å². The van der Waals surface area contributed by atoms with Crippen molar-refractivity contribution in [2.24, 2.45) is 0 Å². The zero-order valence-electron chi connectivity index (χ0n) is 24.8. The maximum absolute atomic E-state index is 10.2. The third kappa shape index (κ3) is 59.7. The largest absolute Gasteiger partial charge is 0.303 e. The van der Waals surface area contributed by atoms with Crippen molar-refractivity contribution in [3.8, 4) is 0 Å². The molecule has 0 atom stereocenters. The zero-order valence-corrected chi connectivity index (χ0v) is 24.8. The van der Waals surface area contributed by atoms with E-state index in [1.807, 2.05) is 0 Å². The van der Waals surface area contributed by atoms with Gasteiger partial charge in [0.25, 0.3) is 0 Å². The highest BCUT2D eigenvalue weighted by Gasteiger charge is 1.98. The van der Waals surface area contributed by atoms with E-state index in [4.69, 9.17) is 26.0 Å². The Balaban J connectivity index is -0.000000148. The Morgan fingerprint density at radius 1 is 0.333 bits per heavy atom. The number of carbonyl (C=O) groups excluding carboxylic acids is 10. The maximum atomic E-state index is 10.2. The third-order valence-electron chi connectivity index (χ3n) is 4.25. The van der Waals surface area contributed by atoms with Crippen LogP contribution >= 0.6 is 0 Å². The van der Waals surface area contributed by atoms with Gasteiger partial charge in [0.15, 0.2) is 0 Å². The highest BCUT2D eigenvalue weighted by atomic mass is 16.5. The number of rotatable bonds is 20. The molecular weight excluding hydrogens is 610 g/mol. The van der Waals surface area contributed by atoms with Crippen LogP contribution in [-0.2, 0) is 47.9 Å². The van der Waals surface area contributed by atoms with Crippen LogP contribution in [0.5, 0.6) is 0 Å². The number of hydrogen-bond acceptors (Lipinski definition) is 15. The van der Waals surface area contributed by atoms with Crippen LogP contribution in [0.3, 0.4) is 0 Å². The predicted molar refractivity (Wildman–Crippen MR) is 149 cm³/mol. The van der Waals surface area contributed by atoms with Gasteiger partial charge in [-0.3, -0.25) is 50.0 Å². The molecule has 0 aliphatic heterocycles. The monoisotopic (exact) mass is 655 g/mol. The molecule has 20 nitrogen and oxygen atoms in total. The summed E-state index contributed by atoms with van der Waals surface area (Å²) in [5.41, 5.74) is 7.34. The number of hydroxylamine groups is 5. The molecular formula is C25H45N5O15. The number of aldehydes is 5. The molecule has 0 aliphatic carbocycles.